The zero-order chi connectivity index (χ0) is 17.1. The number of ether oxygens (including phenoxy) is 1. The lowest BCUT2D eigenvalue weighted by molar-refractivity contribution is -0.0746. The van der Waals surface area contributed by atoms with E-state index in [0.29, 0.717) is 11.8 Å². The van der Waals surface area contributed by atoms with Gasteiger partial charge in [0.15, 0.2) is 0 Å². The number of pyridine rings is 1. The van der Waals surface area contributed by atoms with E-state index in [4.69, 9.17) is 20.7 Å². The largest absolute Gasteiger partial charge is 0.363 e. The van der Waals surface area contributed by atoms with Crippen LogP contribution in [0, 0.1) is 0 Å². The van der Waals surface area contributed by atoms with E-state index in [2.05, 4.69) is 35.4 Å². The van der Waals surface area contributed by atoms with Gasteiger partial charge in [0.05, 0.1) is 22.8 Å². The van der Waals surface area contributed by atoms with Gasteiger partial charge in [-0.15, -0.1) is 0 Å². The molecule has 5 rings (SSSR count). The van der Waals surface area contributed by atoms with Crippen molar-refractivity contribution in [3.05, 3.63) is 63.9 Å². The molecule has 1 N–H and O–H groups in total. The second-order valence-electron chi connectivity index (χ2n) is 7.14. The van der Waals surface area contributed by atoms with Crippen LogP contribution < -0.4 is 5.32 Å². The maximum absolute atomic E-state index is 6.07. The molecule has 1 atom stereocenters. The van der Waals surface area contributed by atoms with E-state index in [9.17, 15) is 0 Å². The summed E-state index contributed by atoms with van der Waals surface area (Å²) >= 11 is 7.66. The van der Waals surface area contributed by atoms with Crippen molar-refractivity contribution in [1.82, 2.24) is 10.3 Å². The Morgan fingerprint density at radius 2 is 2.12 bits per heavy atom. The highest BCUT2D eigenvalue weighted by Gasteiger charge is 2.45. The Morgan fingerprint density at radius 3 is 2.88 bits per heavy atom. The molecule has 1 fully saturated rings. The molecule has 1 unspecified atom stereocenters. The first kappa shape index (κ1) is 15.8. The van der Waals surface area contributed by atoms with Gasteiger partial charge in [0.1, 0.15) is 10.8 Å². The minimum absolute atomic E-state index is 0.0840. The molecule has 1 saturated heterocycles. The molecule has 3 aliphatic heterocycles. The van der Waals surface area contributed by atoms with Crippen LogP contribution >= 0.6 is 23.5 Å². The molecule has 0 amide bonds. The minimum Gasteiger partial charge on any atom is -0.363 e. The van der Waals surface area contributed by atoms with E-state index in [0.717, 1.165) is 30.9 Å². The highest BCUT2D eigenvalue weighted by Crippen LogP contribution is 2.46. The number of hydrogen-bond donors (Lipinski definition) is 1. The Balaban J connectivity index is 1.42. The molecule has 3 aliphatic rings. The van der Waals surface area contributed by atoms with Crippen molar-refractivity contribution >= 4 is 29.3 Å². The van der Waals surface area contributed by atoms with Crippen LogP contribution in [0.2, 0.25) is 5.15 Å². The van der Waals surface area contributed by atoms with Crippen LogP contribution in [0.15, 0.2) is 40.8 Å². The average molecular weight is 372 g/mol. The van der Waals surface area contributed by atoms with Crippen molar-refractivity contribution in [3.8, 4) is 0 Å². The second-order valence-corrected chi connectivity index (χ2v) is 8.79. The summed E-state index contributed by atoms with van der Waals surface area (Å²) in [6.07, 6.45) is 0.845. The van der Waals surface area contributed by atoms with Gasteiger partial charge in [-0.1, -0.05) is 29.8 Å². The summed E-state index contributed by atoms with van der Waals surface area (Å²) in [6.45, 7) is 4.69. The Hall–Kier alpha value is -1.40. The molecule has 1 aromatic heterocycles. The lowest BCUT2D eigenvalue weighted by Crippen LogP contribution is -2.56. The Labute approximate surface area is 156 Å². The van der Waals surface area contributed by atoms with E-state index >= 15 is 0 Å². The molecule has 2 aromatic rings. The van der Waals surface area contributed by atoms with Gasteiger partial charge in [-0.05, 0) is 53.8 Å². The van der Waals surface area contributed by atoms with Crippen LogP contribution in [0.4, 0.5) is 0 Å². The summed E-state index contributed by atoms with van der Waals surface area (Å²) in [5.41, 5.74) is 5.82. The number of nitrogens with one attached hydrogen (secondary N) is 1. The predicted octanol–water partition coefficient (Wildman–Crippen LogP) is 3.82. The van der Waals surface area contributed by atoms with Gasteiger partial charge in [-0.3, -0.25) is 0 Å². The van der Waals surface area contributed by atoms with Crippen molar-refractivity contribution in [2.75, 3.05) is 13.1 Å². The first-order valence-electron chi connectivity index (χ1n) is 8.45. The zero-order valence-electron chi connectivity index (χ0n) is 13.9. The number of halogens is 1. The fourth-order valence-corrected chi connectivity index (χ4v) is 4.86. The van der Waals surface area contributed by atoms with E-state index < -0.39 is 0 Å². The van der Waals surface area contributed by atoms with Gasteiger partial charge in [0.2, 0.25) is 0 Å². The number of rotatable bonds is 2. The van der Waals surface area contributed by atoms with Gasteiger partial charge >= 0.3 is 0 Å². The molecule has 1 aromatic carbocycles. The third-order valence-electron chi connectivity index (χ3n) is 5.37. The molecule has 128 valence electrons. The number of aromatic nitrogens is 1. The van der Waals surface area contributed by atoms with Gasteiger partial charge in [-0.2, -0.15) is 0 Å². The Morgan fingerprint density at radius 1 is 1.24 bits per heavy atom. The lowest BCUT2D eigenvalue weighted by atomic mass is 9.85. The summed E-state index contributed by atoms with van der Waals surface area (Å²) in [6, 6.07) is 12.4. The van der Waals surface area contributed by atoms with E-state index in [-0.39, 0.29) is 10.3 Å². The van der Waals surface area contributed by atoms with Crippen molar-refractivity contribution in [1.29, 1.82) is 0 Å². The molecule has 6 heteroatoms. The molecule has 4 heterocycles. The maximum atomic E-state index is 6.07. The topological polar surface area (TPSA) is 46.5 Å². The predicted molar refractivity (Wildman–Crippen MR) is 101 cm³/mol. The zero-order valence-corrected chi connectivity index (χ0v) is 15.5. The lowest BCUT2D eigenvalue weighted by Gasteiger charge is -2.39. The van der Waals surface area contributed by atoms with Gasteiger partial charge in [-0.25, -0.2) is 9.38 Å². The van der Waals surface area contributed by atoms with E-state index in [1.807, 2.05) is 12.1 Å². The van der Waals surface area contributed by atoms with Crippen LogP contribution in [0.5, 0.6) is 0 Å². The molecule has 0 saturated carbocycles. The fourth-order valence-electron chi connectivity index (χ4n) is 3.81. The number of nitrogens with zero attached hydrogens (tertiary/aromatic N) is 2. The monoisotopic (exact) mass is 371 g/mol. The standard InChI is InChI=1S/C19H18ClN3OS/c1-18(16-3-2-4-17(20)22-16)8-15(23-25-18)12-5-6-14-13(7-12)9-24-19(14)10-21-11-19/h2-7,21H,8-11H2,1H3. The summed E-state index contributed by atoms with van der Waals surface area (Å²) in [4.78, 5) is 4.49. The molecule has 4 nitrogen and oxygen atoms in total. The van der Waals surface area contributed by atoms with Crippen molar-refractivity contribution < 1.29 is 4.74 Å². The smallest absolute Gasteiger partial charge is 0.129 e. The van der Waals surface area contributed by atoms with Crippen molar-refractivity contribution in [2.45, 2.75) is 30.3 Å². The normalized spacial score (nSPS) is 26.4. The molecule has 1 spiro atoms. The van der Waals surface area contributed by atoms with Gasteiger partial charge < -0.3 is 10.1 Å². The SMILES string of the molecule is CC1(c2cccc(Cl)n2)CC(c2ccc3c(c2)COC32CNC2)=NS1. The van der Waals surface area contributed by atoms with Gasteiger partial charge in [0.25, 0.3) is 0 Å². The van der Waals surface area contributed by atoms with E-state index in [1.54, 1.807) is 18.0 Å². The summed E-state index contributed by atoms with van der Waals surface area (Å²) in [5.74, 6) is 0. The molecule has 0 bridgehead atoms. The number of fused-ring (bicyclic) bond motifs is 2. The van der Waals surface area contributed by atoms with Crippen molar-refractivity contribution in [2.24, 2.45) is 4.40 Å². The van der Waals surface area contributed by atoms with Crippen LogP contribution in [0.25, 0.3) is 0 Å². The summed E-state index contributed by atoms with van der Waals surface area (Å²) < 4.78 is 10.6. The van der Waals surface area contributed by atoms with Crippen LogP contribution in [0.3, 0.4) is 0 Å². The van der Waals surface area contributed by atoms with Crippen LogP contribution in [-0.2, 0) is 21.7 Å². The fraction of sp³-hybridized carbons (Fsp3) is 0.368. The average Bonchev–Trinajstić information content (AvgIpc) is 3.16. The first-order chi connectivity index (χ1) is 12.1. The molecular weight excluding hydrogens is 354 g/mol. The molecule has 0 aliphatic carbocycles. The quantitative estimate of drug-likeness (QED) is 0.644. The summed E-state index contributed by atoms with van der Waals surface area (Å²) in [7, 11) is 0. The minimum atomic E-state index is -0.172. The Kier molecular flexibility index (Phi) is 3.51. The molecular formula is C19H18ClN3OS. The highest BCUT2D eigenvalue weighted by molar-refractivity contribution is 7.99. The van der Waals surface area contributed by atoms with Crippen LogP contribution in [0.1, 0.15) is 35.7 Å². The number of hydrogen-bond acceptors (Lipinski definition) is 5. The first-order valence-corrected chi connectivity index (χ1v) is 9.60. The Bertz CT molecular complexity index is 896. The van der Waals surface area contributed by atoms with Crippen LogP contribution in [-0.4, -0.2) is 23.8 Å². The van der Waals surface area contributed by atoms with E-state index in [1.165, 1.54) is 16.7 Å². The third kappa shape index (κ3) is 2.45. The van der Waals surface area contributed by atoms with Crippen molar-refractivity contribution in [3.63, 3.8) is 0 Å². The molecule has 25 heavy (non-hydrogen) atoms. The third-order valence-corrected chi connectivity index (χ3v) is 6.65. The van der Waals surface area contributed by atoms with Gasteiger partial charge in [0, 0.05) is 19.5 Å². The molecule has 0 radical (unpaired) electrons. The summed E-state index contributed by atoms with van der Waals surface area (Å²) in [5, 5.41) is 3.85. The highest BCUT2D eigenvalue weighted by atomic mass is 35.5. The number of benzene rings is 1. The maximum Gasteiger partial charge on any atom is 0.129 e. The second kappa shape index (κ2) is 5.55.